The second kappa shape index (κ2) is 9.47. The second-order valence-corrected chi connectivity index (χ2v) is 10.5. The number of fused-ring (bicyclic) bond motifs is 1. The number of rotatable bonds is 6. The minimum Gasteiger partial charge on any atom is -0.392 e. The van der Waals surface area contributed by atoms with Crippen LogP contribution in [0.5, 0.6) is 0 Å². The molecule has 28 heavy (non-hydrogen) atoms. The number of aliphatic hydroxyl groups excluding tert-OH is 2. The third-order valence-corrected chi connectivity index (χ3v) is 8.68. The topological polar surface area (TPSA) is 40.5 Å². The van der Waals surface area contributed by atoms with Crippen LogP contribution in [-0.4, -0.2) is 22.4 Å². The Hall–Kier alpha value is -0.600. The molecule has 3 aliphatic carbocycles. The van der Waals surface area contributed by atoms with Gasteiger partial charge < -0.3 is 10.2 Å². The lowest BCUT2D eigenvalue weighted by Gasteiger charge is -2.44. The van der Waals surface area contributed by atoms with E-state index in [2.05, 4.69) is 32.9 Å². The zero-order valence-corrected chi connectivity index (χ0v) is 18.8. The standard InChI is InChI=1S/C26H44O2/c1-5-6-7-9-18(2)22-13-14-23-21(10-8-15-26(22,23)4)12-11-20-16-24(27)19(3)25(28)17-20/h11-12,18-19,22-25,27-28H,5-10,13-17H2,1-4H3/b20-11?,21-12+/t18-,19?,22?,23?,24-,25-,26-/m1/s1. The van der Waals surface area contributed by atoms with E-state index in [1.165, 1.54) is 63.4 Å². The van der Waals surface area contributed by atoms with Crippen molar-refractivity contribution in [1.82, 2.24) is 0 Å². The maximum absolute atomic E-state index is 10.2. The lowest BCUT2D eigenvalue weighted by Crippen LogP contribution is -2.36. The largest absolute Gasteiger partial charge is 0.392 e. The zero-order chi connectivity index (χ0) is 20.3. The summed E-state index contributed by atoms with van der Waals surface area (Å²) in [5.74, 6) is 2.47. The Balaban J connectivity index is 1.70. The van der Waals surface area contributed by atoms with Crippen LogP contribution >= 0.6 is 0 Å². The van der Waals surface area contributed by atoms with E-state index in [1.807, 2.05) is 6.92 Å². The molecular weight excluding hydrogens is 344 g/mol. The summed E-state index contributed by atoms with van der Waals surface area (Å²) in [6.45, 7) is 9.36. The Morgan fingerprint density at radius 3 is 2.50 bits per heavy atom. The fourth-order valence-electron chi connectivity index (χ4n) is 6.74. The van der Waals surface area contributed by atoms with Gasteiger partial charge in [0.2, 0.25) is 0 Å². The molecule has 0 aliphatic heterocycles. The Kier molecular flexibility index (Phi) is 7.48. The third-order valence-electron chi connectivity index (χ3n) is 8.68. The van der Waals surface area contributed by atoms with E-state index >= 15 is 0 Å². The minimum absolute atomic E-state index is 0.00689. The van der Waals surface area contributed by atoms with Crippen LogP contribution in [-0.2, 0) is 0 Å². The quantitative estimate of drug-likeness (QED) is 0.515. The van der Waals surface area contributed by atoms with Gasteiger partial charge in [0.05, 0.1) is 12.2 Å². The highest BCUT2D eigenvalue weighted by Crippen LogP contribution is 2.59. The maximum atomic E-state index is 10.2. The lowest BCUT2D eigenvalue weighted by molar-refractivity contribution is 0.00407. The molecule has 3 aliphatic rings. The summed E-state index contributed by atoms with van der Waals surface area (Å²) in [4.78, 5) is 0. The van der Waals surface area contributed by atoms with Crippen LogP contribution in [0.25, 0.3) is 0 Å². The van der Waals surface area contributed by atoms with Gasteiger partial charge in [0.1, 0.15) is 0 Å². The van der Waals surface area contributed by atoms with Crippen LogP contribution in [0.1, 0.15) is 98.3 Å². The van der Waals surface area contributed by atoms with E-state index < -0.39 is 12.2 Å². The van der Waals surface area contributed by atoms with Crippen LogP contribution in [0, 0.1) is 29.1 Å². The van der Waals surface area contributed by atoms with Gasteiger partial charge >= 0.3 is 0 Å². The monoisotopic (exact) mass is 388 g/mol. The fourth-order valence-corrected chi connectivity index (χ4v) is 6.74. The van der Waals surface area contributed by atoms with Gasteiger partial charge in [-0.1, -0.05) is 76.7 Å². The van der Waals surface area contributed by atoms with Gasteiger partial charge in [-0.3, -0.25) is 0 Å². The van der Waals surface area contributed by atoms with Crippen LogP contribution in [0.3, 0.4) is 0 Å². The van der Waals surface area contributed by atoms with Crippen molar-refractivity contribution in [2.24, 2.45) is 29.1 Å². The van der Waals surface area contributed by atoms with Crippen LogP contribution in [0.15, 0.2) is 23.3 Å². The fraction of sp³-hybridized carbons (Fsp3) is 0.846. The number of aliphatic hydroxyl groups is 2. The molecule has 0 saturated heterocycles. The molecule has 0 aromatic rings. The molecule has 0 spiro atoms. The van der Waals surface area contributed by atoms with E-state index in [9.17, 15) is 10.2 Å². The van der Waals surface area contributed by atoms with E-state index in [4.69, 9.17) is 0 Å². The Bertz CT molecular complexity index is 563. The van der Waals surface area contributed by atoms with Crippen molar-refractivity contribution >= 4 is 0 Å². The molecule has 2 N–H and O–H groups in total. The summed E-state index contributed by atoms with van der Waals surface area (Å²) >= 11 is 0. The van der Waals surface area contributed by atoms with Crippen molar-refractivity contribution in [3.05, 3.63) is 23.3 Å². The van der Waals surface area contributed by atoms with Crippen LogP contribution in [0.4, 0.5) is 0 Å². The summed E-state index contributed by atoms with van der Waals surface area (Å²) in [6, 6.07) is 0. The number of hydrogen-bond acceptors (Lipinski definition) is 2. The minimum atomic E-state index is -0.398. The van der Waals surface area contributed by atoms with E-state index in [0.29, 0.717) is 5.41 Å². The first-order valence-electron chi connectivity index (χ1n) is 12.1. The molecule has 3 saturated carbocycles. The Morgan fingerprint density at radius 1 is 1.11 bits per heavy atom. The van der Waals surface area contributed by atoms with Gasteiger partial charge in [0.25, 0.3) is 0 Å². The molecule has 0 aromatic carbocycles. The van der Waals surface area contributed by atoms with Gasteiger partial charge in [-0.2, -0.15) is 0 Å². The smallest absolute Gasteiger partial charge is 0.0627 e. The highest BCUT2D eigenvalue weighted by atomic mass is 16.3. The first-order chi connectivity index (χ1) is 13.4. The van der Waals surface area contributed by atoms with Gasteiger partial charge in [-0.05, 0) is 68.1 Å². The van der Waals surface area contributed by atoms with Crippen LogP contribution in [0.2, 0.25) is 0 Å². The molecule has 2 heteroatoms. The highest BCUT2D eigenvalue weighted by Gasteiger charge is 2.50. The molecule has 0 bridgehead atoms. The molecule has 2 unspecified atom stereocenters. The summed E-state index contributed by atoms with van der Waals surface area (Å²) in [5, 5.41) is 20.4. The molecule has 0 amide bonds. The average Bonchev–Trinajstić information content (AvgIpc) is 3.02. The molecule has 3 rings (SSSR count). The summed E-state index contributed by atoms with van der Waals surface area (Å²) in [5.41, 5.74) is 3.35. The maximum Gasteiger partial charge on any atom is 0.0627 e. The van der Waals surface area contributed by atoms with Gasteiger partial charge in [-0.15, -0.1) is 0 Å². The van der Waals surface area contributed by atoms with Gasteiger partial charge in [0.15, 0.2) is 0 Å². The Labute approximate surface area is 173 Å². The van der Waals surface area contributed by atoms with Crippen LogP contribution < -0.4 is 0 Å². The first kappa shape index (κ1) is 22.1. The van der Waals surface area contributed by atoms with Crippen molar-refractivity contribution in [3.63, 3.8) is 0 Å². The molecule has 160 valence electrons. The molecule has 0 heterocycles. The van der Waals surface area contributed by atoms with Gasteiger partial charge in [0, 0.05) is 5.92 Å². The van der Waals surface area contributed by atoms with Crippen molar-refractivity contribution in [3.8, 4) is 0 Å². The molecule has 3 fully saturated rings. The average molecular weight is 389 g/mol. The van der Waals surface area contributed by atoms with E-state index in [1.54, 1.807) is 5.57 Å². The second-order valence-electron chi connectivity index (χ2n) is 10.5. The predicted molar refractivity (Wildman–Crippen MR) is 118 cm³/mol. The van der Waals surface area contributed by atoms with Gasteiger partial charge in [-0.25, -0.2) is 0 Å². The van der Waals surface area contributed by atoms with Crippen molar-refractivity contribution in [2.75, 3.05) is 0 Å². The van der Waals surface area contributed by atoms with Crippen molar-refractivity contribution in [1.29, 1.82) is 0 Å². The predicted octanol–water partition coefficient (Wildman–Crippen LogP) is 6.42. The van der Waals surface area contributed by atoms with E-state index in [0.717, 1.165) is 30.6 Å². The lowest BCUT2D eigenvalue weighted by atomic mass is 9.60. The molecule has 0 aromatic heterocycles. The molecule has 0 radical (unpaired) electrons. The summed E-state index contributed by atoms with van der Waals surface area (Å²) in [6.07, 6.45) is 17.5. The highest BCUT2D eigenvalue weighted by molar-refractivity contribution is 5.26. The Morgan fingerprint density at radius 2 is 1.82 bits per heavy atom. The van der Waals surface area contributed by atoms with E-state index in [-0.39, 0.29) is 5.92 Å². The normalized spacial score (nSPS) is 41.1. The molecule has 2 nitrogen and oxygen atoms in total. The molecule has 6 atom stereocenters. The molecular formula is C26H44O2. The third kappa shape index (κ3) is 4.59. The summed E-state index contributed by atoms with van der Waals surface area (Å²) in [7, 11) is 0. The van der Waals surface area contributed by atoms with Crippen molar-refractivity contribution in [2.45, 2.75) is 111 Å². The summed E-state index contributed by atoms with van der Waals surface area (Å²) < 4.78 is 0. The number of unbranched alkanes of at least 4 members (excludes halogenated alkanes) is 2. The first-order valence-corrected chi connectivity index (χ1v) is 12.1. The SMILES string of the molecule is CCCCC[C@@H](C)C1CCC2/C(=C/C=C3C[C@@H](O)C(C)[C@H](O)C3)CCC[C@@]21C. The zero-order valence-electron chi connectivity index (χ0n) is 18.8. The number of allylic oxidation sites excluding steroid dienone is 3. The van der Waals surface area contributed by atoms with Crippen molar-refractivity contribution < 1.29 is 10.2 Å². The number of hydrogen-bond donors (Lipinski definition) is 2.